The number of aromatic nitrogens is 2. The number of hydrogen-bond donors (Lipinski definition) is 4. The van der Waals surface area contributed by atoms with Crippen LogP contribution in [-0.2, 0) is 11.2 Å². The topological polar surface area (TPSA) is 138 Å². The molecule has 5 N–H and O–H groups in total. The van der Waals surface area contributed by atoms with Gasteiger partial charge in [0.15, 0.2) is 0 Å². The first-order valence-electron chi connectivity index (χ1n) is 6.38. The Morgan fingerprint density at radius 2 is 1.77 bits per heavy atom. The van der Waals surface area contributed by atoms with E-state index >= 15 is 0 Å². The smallest absolute Gasteiger partial charge is 0.325 e. The molecule has 1 aromatic heterocycles. The van der Waals surface area contributed by atoms with Gasteiger partial charge in [0.05, 0.1) is 6.42 Å². The lowest BCUT2D eigenvalue weighted by atomic mass is 10.1. The Hall–Kier alpha value is -3.16. The molecule has 2 rings (SSSR count). The van der Waals surface area contributed by atoms with Crippen molar-refractivity contribution < 1.29 is 9.59 Å². The van der Waals surface area contributed by atoms with Gasteiger partial charge in [-0.1, -0.05) is 0 Å². The van der Waals surface area contributed by atoms with Gasteiger partial charge in [-0.15, -0.1) is 0 Å². The lowest BCUT2D eigenvalue weighted by Gasteiger charge is -2.07. The summed E-state index contributed by atoms with van der Waals surface area (Å²) in [6.45, 7) is 1.54. The third-order valence-corrected chi connectivity index (χ3v) is 3.05. The van der Waals surface area contributed by atoms with Crippen LogP contribution in [0.3, 0.4) is 0 Å². The summed E-state index contributed by atoms with van der Waals surface area (Å²) in [5.74, 6) is -0.985. The highest BCUT2D eigenvalue weighted by molar-refractivity contribution is 5.95. The van der Waals surface area contributed by atoms with Gasteiger partial charge < -0.3 is 16.0 Å². The number of amides is 2. The van der Waals surface area contributed by atoms with Crippen molar-refractivity contribution in [2.24, 2.45) is 5.73 Å². The second kappa shape index (κ2) is 6.08. The minimum absolute atomic E-state index is 0.185. The van der Waals surface area contributed by atoms with Gasteiger partial charge in [-0.3, -0.25) is 19.4 Å². The number of nitrogens with one attached hydrogen (secondary N) is 3. The molecule has 0 aliphatic rings. The number of anilines is 1. The first kappa shape index (κ1) is 15.2. The van der Waals surface area contributed by atoms with E-state index in [2.05, 4.69) is 15.3 Å². The van der Waals surface area contributed by atoms with Crippen molar-refractivity contribution in [2.45, 2.75) is 13.3 Å². The zero-order valence-electron chi connectivity index (χ0n) is 11.7. The van der Waals surface area contributed by atoms with Gasteiger partial charge in [-0.05, 0) is 31.2 Å². The van der Waals surface area contributed by atoms with Crippen LogP contribution in [0.5, 0.6) is 0 Å². The van der Waals surface area contributed by atoms with E-state index in [1.807, 2.05) is 0 Å². The van der Waals surface area contributed by atoms with Crippen molar-refractivity contribution in [1.82, 2.24) is 9.97 Å². The van der Waals surface area contributed by atoms with Crippen LogP contribution in [-0.4, -0.2) is 21.8 Å². The van der Waals surface area contributed by atoms with Gasteiger partial charge in [0, 0.05) is 22.5 Å². The minimum Gasteiger partial charge on any atom is -0.366 e. The van der Waals surface area contributed by atoms with E-state index in [0.29, 0.717) is 16.9 Å². The van der Waals surface area contributed by atoms with Gasteiger partial charge in [0.1, 0.15) is 0 Å². The van der Waals surface area contributed by atoms with Gasteiger partial charge in [0.25, 0.3) is 5.56 Å². The van der Waals surface area contributed by atoms with Crippen LogP contribution in [0.1, 0.15) is 21.6 Å². The number of primary amides is 1. The summed E-state index contributed by atoms with van der Waals surface area (Å²) in [5.41, 5.74) is 5.22. The normalized spacial score (nSPS) is 10.2. The van der Waals surface area contributed by atoms with Gasteiger partial charge in [-0.2, -0.15) is 0 Å². The molecular formula is C14H14N4O4. The third-order valence-electron chi connectivity index (χ3n) is 3.05. The molecule has 114 valence electrons. The third kappa shape index (κ3) is 3.48. The Morgan fingerprint density at radius 3 is 2.32 bits per heavy atom. The number of benzene rings is 1. The Morgan fingerprint density at radius 1 is 1.14 bits per heavy atom. The van der Waals surface area contributed by atoms with Crippen LogP contribution in [0.2, 0.25) is 0 Å². The van der Waals surface area contributed by atoms with Crippen LogP contribution in [0.25, 0.3) is 0 Å². The molecule has 8 nitrogen and oxygen atoms in total. The molecule has 1 aromatic carbocycles. The molecule has 0 aliphatic heterocycles. The van der Waals surface area contributed by atoms with Gasteiger partial charge in [0.2, 0.25) is 11.8 Å². The SMILES string of the molecule is Cc1[nH]c(=O)[nH]c(=O)c1CC(=O)Nc1ccc(C(N)=O)cc1. The number of carbonyl (C=O) groups is 2. The van der Waals surface area contributed by atoms with E-state index in [1.165, 1.54) is 24.3 Å². The van der Waals surface area contributed by atoms with Crippen molar-refractivity contribution in [3.05, 3.63) is 61.9 Å². The maximum atomic E-state index is 11.9. The lowest BCUT2D eigenvalue weighted by Crippen LogP contribution is -2.29. The van der Waals surface area contributed by atoms with Crippen molar-refractivity contribution in [3.63, 3.8) is 0 Å². The summed E-state index contributed by atoms with van der Waals surface area (Å²) in [6, 6.07) is 6.02. The molecular weight excluding hydrogens is 288 g/mol. The van der Waals surface area contributed by atoms with E-state index in [-0.39, 0.29) is 12.0 Å². The standard InChI is InChI=1S/C14H14N4O4/c1-7-10(13(21)18-14(22)16-7)6-11(19)17-9-4-2-8(3-5-9)12(15)20/h2-5H,6H2,1H3,(H2,15,20)(H,17,19)(H2,16,18,21,22). The fourth-order valence-electron chi connectivity index (χ4n) is 1.92. The summed E-state index contributed by atoms with van der Waals surface area (Å²) in [6.07, 6.45) is -0.185. The quantitative estimate of drug-likeness (QED) is 0.613. The van der Waals surface area contributed by atoms with Crippen LogP contribution in [0.15, 0.2) is 33.9 Å². The Balaban J connectivity index is 2.12. The van der Waals surface area contributed by atoms with Crippen molar-refractivity contribution in [3.8, 4) is 0 Å². The van der Waals surface area contributed by atoms with Crippen LogP contribution < -0.4 is 22.3 Å². The Labute approximate surface area is 124 Å². The second-order valence-electron chi connectivity index (χ2n) is 4.68. The van der Waals surface area contributed by atoms with Gasteiger partial charge in [-0.25, -0.2) is 4.79 Å². The number of rotatable bonds is 4. The summed E-state index contributed by atoms with van der Waals surface area (Å²) < 4.78 is 0. The van der Waals surface area contributed by atoms with Crippen molar-refractivity contribution in [2.75, 3.05) is 5.32 Å². The maximum Gasteiger partial charge on any atom is 0.325 e. The van der Waals surface area contributed by atoms with E-state index in [9.17, 15) is 19.2 Å². The first-order valence-corrected chi connectivity index (χ1v) is 6.38. The fourth-order valence-corrected chi connectivity index (χ4v) is 1.92. The van der Waals surface area contributed by atoms with Gasteiger partial charge >= 0.3 is 5.69 Å². The number of H-pyrrole nitrogens is 2. The Kier molecular flexibility index (Phi) is 4.21. The predicted molar refractivity (Wildman–Crippen MR) is 79.7 cm³/mol. The maximum absolute atomic E-state index is 11.9. The van der Waals surface area contributed by atoms with Crippen LogP contribution in [0.4, 0.5) is 5.69 Å². The predicted octanol–water partition coefficient (Wildman–Crippen LogP) is -0.348. The van der Waals surface area contributed by atoms with E-state index < -0.39 is 23.1 Å². The molecule has 1 heterocycles. The fraction of sp³-hybridized carbons (Fsp3) is 0.143. The molecule has 0 saturated heterocycles. The van der Waals surface area contributed by atoms with Crippen LogP contribution >= 0.6 is 0 Å². The zero-order chi connectivity index (χ0) is 16.3. The van der Waals surface area contributed by atoms with Crippen molar-refractivity contribution in [1.29, 1.82) is 0 Å². The molecule has 2 aromatic rings. The highest BCUT2D eigenvalue weighted by Gasteiger charge is 2.11. The highest BCUT2D eigenvalue weighted by Crippen LogP contribution is 2.10. The molecule has 0 fully saturated rings. The Bertz CT molecular complexity index is 833. The molecule has 8 heteroatoms. The van der Waals surface area contributed by atoms with Crippen molar-refractivity contribution >= 4 is 17.5 Å². The van der Waals surface area contributed by atoms with E-state index in [0.717, 1.165) is 0 Å². The molecule has 0 aliphatic carbocycles. The molecule has 22 heavy (non-hydrogen) atoms. The average Bonchev–Trinajstić information content (AvgIpc) is 2.43. The van der Waals surface area contributed by atoms with E-state index in [4.69, 9.17) is 5.73 Å². The van der Waals surface area contributed by atoms with E-state index in [1.54, 1.807) is 6.92 Å². The number of nitrogens with two attached hydrogens (primary N) is 1. The summed E-state index contributed by atoms with van der Waals surface area (Å²) in [4.78, 5) is 50.1. The largest absolute Gasteiger partial charge is 0.366 e. The number of hydrogen-bond acceptors (Lipinski definition) is 4. The number of aromatic amines is 2. The monoisotopic (exact) mass is 302 g/mol. The average molecular weight is 302 g/mol. The lowest BCUT2D eigenvalue weighted by molar-refractivity contribution is -0.115. The molecule has 2 amide bonds. The zero-order valence-corrected chi connectivity index (χ0v) is 11.7. The first-order chi connectivity index (χ1) is 10.4. The highest BCUT2D eigenvalue weighted by atomic mass is 16.2. The molecule has 0 radical (unpaired) electrons. The van der Waals surface area contributed by atoms with Crippen LogP contribution in [0, 0.1) is 6.92 Å². The minimum atomic E-state index is -0.617. The summed E-state index contributed by atoms with van der Waals surface area (Å²) in [7, 11) is 0. The summed E-state index contributed by atoms with van der Waals surface area (Å²) >= 11 is 0. The number of carbonyl (C=O) groups excluding carboxylic acids is 2. The molecule has 0 spiro atoms. The molecule has 0 bridgehead atoms. The molecule has 0 unspecified atom stereocenters. The molecule has 0 atom stereocenters. The number of aryl methyl sites for hydroxylation is 1. The molecule has 0 saturated carbocycles. The summed E-state index contributed by atoms with van der Waals surface area (Å²) in [5, 5.41) is 2.59. The second-order valence-corrected chi connectivity index (χ2v) is 4.68.